The lowest BCUT2D eigenvalue weighted by Gasteiger charge is -2.30. The third-order valence-electron chi connectivity index (χ3n) is 4.40. The van der Waals surface area contributed by atoms with Crippen molar-refractivity contribution >= 4 is 11.8 Å². The number of unbranched alkanes of at least 4 members (excludes halogenated alkanes) is 2. The zero-order chi connectivity index (χ0) is 20.4. The lowest BCUT2D eigenvalue weighted by molar-refractivity contribution is -0.887. The molecule has 2 amide bonds. The highest BCUT2D eigenvalue weighted by molar-refractivity contribution is 5.76. The second-order valence-corrected chi connectivity index (χ2v) is 7.68. The normalized spacial score (nSPS) is 12.0. The maximum Gasteiger partial charge on any atom is 0.220 e. The van der Waals surface area contributed by atoms with Gasteiger partial charge in [0, 0.05) is 12.8 Å². The Bertz CT molecular complexity index is 416. The molecule has 0 aromatic heterocycles. The Morgan fingerprint density at radius 3 is 1.44 bits per heavy atom. The van der Waals surface area contributed by atoms with Gasteiger partial charge in [-0.05, 0) is 25.7 Å². The molecule has 0 aliphatic rings. The number of quaternary nitrogens is 1. The highest BCUT2D eigenvalue weighted by Crippen LogP contribution is 1.98. The van der Waals surface area contributed by atoms with E-state index in [1.807, 2.05) is 0 Å². The summed E-state index contributed by atoms with van der Waals surface area (Å²) in [5.74, 6) is 0.223. The summed E-state index contributed by atoms with van der Waals surface area (Å²) in [7, 11) is 4.25. The molecular weight excluding hydrogens is 338 g/mol. The molecule has 5 nitrogen and oxygen atoms in total. The van der Waals surface area contributed by atoms with Crippen LogP contribution in [0, 0.1) is 0 Å². The molecule has 0 spiro atoms. The molecule has 0 heterocycles. The summed E-state index contributed by atoms with van der Waals surface area (Å²) in [6.45, 7) is 7.34. The molecular formula is C22H42N3O2+. The maximum atomic E-state index is 11.8. The van der Waals surface area contributed by atoms with Crippen LogP contribution in [-0.4, -0.2) is 56.6 Å². The van der Waals surface area contributed by atoms with Crippen molar-refractivity contribution in [2.75, 3.05) is 40.3 Å². The standard InChI is InChI=1S/C22H41N3O2/c1-5-7-9-11-13-15-21(26)23-17-19-25(3,4)20-18-24-22(27)16-14-12-10-8-6-2/h9-12H,5-8,13-20H2,1-4H3,(H-,23,24,26,27)/p+1/b11-9+,12-10+. The first kappa shape index (κ1) is 25.4. The van der Waals surface area contributed by atoms with Crippen molar-refractivity contribution in [3.8, 4) is 0 Å². The van der Waals surface area contributed by atoms with E-state index in [1.165, 1.54) is 0 Å². The average Bonchev–Trinajstić information content (AvgIpc) is 2.61. The maximum absolute atomic E-state index is 11.8. The van der Waals surface area contributed by atoms with Gasteiger partial charge in [-0.1, -0.05) is 51.0 Å². The van der Waals surface area contributed by atoms with Crippen molar-refractivity contribution in [2.24, 2.45) is 0 Å². The molecule has 0 aliphatic carbocycles. The van der Waals surface area contributed by atoms with E-state index in [4.69, 9.17) is 0 Å². The SMILES string of the molecule is CCC/C=C/CCC(=O)NCC[N+](C)(C)CCNC(=O)CC/C=C/CCC. The minimum absolute atomic E-state index is 0.112. The van der Waals surface area contributed by atoms with Crippen molar-refractivity contribution in [1.29, 1.82) is 0 Å². The Kier molecular flexibility index (Phi) is 15.6. The number of nitrogens with zero attached hydrogens (tertiary/aromatic N) is 1. The van der Waals surface area contributed by atoms with Crippen molar-refractivity contribution < 1.29 is 14.1 Å². The number of amides is 2. The largest absolute Gasteiger partial charge is 0.350 e. The molecule has 0 fully saturated rings. The zero-order valence-corrected chi connectivity index (χ0v) is 18.1. The van der Waals surface area contributed by atoms with E-state index in [1.54, 1.807) is 0 Å². The van der Waals surface area contributed by atoms with Crippen LogP contribution in [0.15, 0.2) is 24.3 Å². The van der Waals surface area contributed by atoms with Crippen molar-refractivity contribution in [3.63, 3.8) is 0 Å². The molecule has 5 heteroatoms. The molecule has 27 heavy (non-hydrogen) atoms. The van der Waals surface area contributed by atoms with Gasteiger partial charge in [0.1, 0.15) is 0 Å². The molecule has 0 aliphatic heterocycles. The smallest absolute Gasteiger partial charge is 0.220 e. The summed E-state index contributed by atoms with van der Waals surface area (Å²) in [4.78, 5) is 23.6. The van der Waals surface area contributed by atoms with E-state index in [-0.39, 0.29) is 11.8 Å². The Morgan fingerprint density at radius 2 is 1.07 bits per heavy atom. The van der Waals surface area contributed by atoms with E-state index in [0.717, 1.165) is 56.1 Å². The van der Waals surface area contributed by atoms with Crippen LogP contribution in [0.2, 0.25) is 0 Å². The first-order valence-corrected chi connectivity index (χ1v) is 10.6. The van der Waals surface area contributed by atoms with Crippen LogP contribution in [0.3, 0.4) is 0 Å². The van der Waals surface area contributed by atoms with Crippen molar-refractivity contribution in [1.82, 2.24) is 10.6 Å². The minimum Gasteiger partial charge on any atom is -0.350 e. The van der Waals surface area contributed by atoms with E-state index >= 15 is 0 Å². The van der Waals surface area contributed by atoms with Gasteiger partial charge in [0.2, 0.25) is 11.8 Å². The lowest BCUT2D eigenvalue weighted by atomic mass is 10.2. The van der Waals surface area contributed by atoms with Gasteiger partial charge in [-0.3, -0.25) is 9.59 Å². The van der Waals surface area contributed by atoms with Gasteiger partial charge in [0.05, 0.1) is 40.3 Å². The molecule has 0 aromatic rings. The topological polar surface area (TPSA) is 58.2 Å². The molecule has 0 radical (unpaired) electrons. The molecule has 0 unspecified atom stereocenters. The van der Waals surface area contributed by atoms with Gasteiger partial charge in [0.15, 0.2) is 0 Å². The van der Waals surface area contributed by atoms with Crippen LogP contribution in [0.1, 0.15) is 65.2 Å². The Balaban J connectivity index is 3.78. The zero-order valence-electron chi connectivity index (χ0n) is 18.1. The minimum atomic E-state index is 0.112. The van der Waals surface area contributed by atoms with E-state index in [0.29, 0.717) is 25.9 Å². The number of rotatable bonds is 16. The summed E-state index contributed by atoms with van der Waals surface area (Å²) in [6, 6.07) is 0. The van der Waals surface area contributed by atoms with E-state index < -0.39 is 0 Å². The summed E-state index contributed by atoms with van der Waals surface area (Å²) in [6.07, 6.45) is 15.6. The molecule has 156 valence electrons. The first-order valence-electron chi connectivity index (χ1n) is 10.6. The van der Waals surface area contributed by atoms with E-state index in [9.17, 15) is 9.59 Å². The third-order valence-corrected chi connectivity index (χ3v) is 4.40. The van der Waals surface area contributed by atoms with Crippen LogP contribution < -0.4 is 10.6 Å². The average molecular weight is 381 g/mol. The number of allylic oxidation sites excluding steroid dienone is 4. The summed E-state index contributed by atoms with van der Waals surface area (Å²) in [5.41, 5.74) is 0. The van der Waals surface area contributed by atoms with Gasteiger partial charge >= 0.3 is 0 Å². The molecule has 0 atom stereocenters. The van der Waals surface area contributed by atoms with Gasteiger partial charge < -0.3 is 15.1 Å². The fraction of sp³-hybridized carbons (Fsp3) is 0.727. The molecule has 0 saturated carbocycles. The van der Waals surface area contributed by atoms with Gasteiger partial charge in [-0.25, -0.2) is 0 Å². The lowest BCUT2D eigenvalue weighted by Crippen LogP contribution is -2.49. The van der Waals surface area contributed by atoms with Crippen LogP contribution in [0.4, 0.5) is 0 Å². The molecule has 0 rings (SSSR count). The van der Waals surface area contributed by atoms with Crippen LogP contribution in [0.5, 0.6) is 0 Å². The fourth-order valence-corrected chi connectivity index (χ4v) is 2.52. The predicted molar refractivity (Wildman–Crippen MR) is 114 cm³/mol. The summed E-state index contributed by atoms with van der Waals surface area (Å²) >= 11 is 0. The number of carbonyl (C=O) groups excluding carboxylic acids is 2. The highest BCUT2D eigenvalue weighted by atomic mass is 16.2. The van der Waals surface area contributed by atoms with Gasteiger partial charge in [0.25, 0.3) is 0 Å². The first-order chi connectivity index (χ1) is 12.9. The fourth-order valence-electron chi connectivity index (χ4n) is 2.52. The second-order valence-electron chi connectivity index (χ2n) is 7.68. The Hall–Kier alpha value is -1.62. The number of likely N-dealkylation sites (N-methyl/N-ethyl adjacent to an activating group) is 1. The highest BCUT2D eigenvalue weighted by Gasteiger charge is 2.15. The number of hydrogen-bond donors (Lipinski definition) is 2. The van der Waals surface area contributed by atoms with Crippen LogP contribution in [0.25, 0.3) is 0 Å². The van der Waals surface area contributed by atoms with Crippen LogP contribution >= 0.6 is 0 Å². The Morgan fingerprint density at radius 1 is 0.704 bits per heavy atom. The molecule has 2 N–H and O–H groups in total. The third kappa shape index (κ3) is 17.5. The van der Waals surface area contributed by atoms with Gasteiger partial charge in [-0.2, -0.15) is 0 Å². The predicted octanol–water partition coefficient (Wildman–Crippen LogP) is 3.57. The van der Waals surface area contributed by atoms with Gasteiger partial charge in [-0.15, -0.1) is 0 Å². The number of nitrogens with one attached hydrogen (secondary N) is 2. The quantitative estimate of drug-likeness (QED) is 0.318. The second kappa shape index (κ2) is 16.5. The van der Waals surface area contributed by atoms with E-state index in [2.05, 4.69) is 62.9 Å². The molecule has 0 bridgehead atoms. The summed E-state index contributed by atoms with van der Waals surface area (Å²) in [5, 5.41) is 5.98. The molecule has 0 saturated heterocycles. The van der Waals surface area contributed by atoms with Crippen molar-refractivity contribution in [2.45, 2.75) is 65.2 Å². The number of carbonyl (C=O) groups is 2. The Labute approximate surface area is 166 Å². The van der Waals surface area contributed by atoms with Crippen molar-refractivity contribution in [3.05, 3.63) is 24.3 Å². The monoisotopic (exact) mass is 380 g/mol. The molecule has 0 aromatic carbocycles. The number of hydrogen-bond acceptors (Lipinski definition) is 2. The summed E-state index contributed by atoms with van der Waals surface area (Å²) < 4.78 is 0.771. The van der Waals surface area contributed by atoms with Crippen LogP contribution in [-0.2, 0) is 9.59 Å².